The van der Waals surface area contributed by atoms with Gasteiger partial charge in [0, 0.05) is 28.3 Å². The second kappa shape index (κ2) is 15.3. The maximum absolute atomic E-state index is 14.1. The molecular weight excluding hydrogens is 697 g/mol. The molecular formula is C38H40Cl2N3O8+. The molecule has 3 saturated heterocycles. The highest BCUT2D eigenvalue weighted by molar-refractivity contribution is 6.35. The molecule has 13 heteroatoms. The van der Waals surface area contributed by atoms with Crippen LogP contribution in [0.1, 0.15) is 56.9 Å². The van der Waals surface area contributed by atoms with Crippen molar-refractivity contribution in [1.82, 2.24) is 4.90 Å². The number of amides is 1. The van der Waals surface area contributed by atoms with Crippen LogP contribution in [0.2, 0.25) is 10.0 Å². The first-order valence-corrected chi connectivity index (χ1v) is 17.4. The lowest BCUT2D eigenvalue weighted by molar-refractivity contribution is -0.904. The summed E-state index contributed by atoms with van der Waals surface area (Å²) >= 11 is 13.2. The third-order valence-corrected chi connectivity index (χ3v) is 10.6. The fourth-order valence-electron chi connectivity index (χ4n) is 7.18. The number of pyridine rings is 1. The van der Waals surface area contributed by atoms with Gasteiger partial charge in [0.1, 0.15) is 21.9 Å². The first-order chi connectivity index (χ1) is 24.5. The van der Waals surface area contributed by atoms with E-state index in [1.165, 1.54) is 37.6 Å². The lowest BCUT2D eigenvalue weighted by Crippen LogP contribution is -2.53. The van der Waals surface area contributed by atoms with Crippen LogP contribution in [0.25, 0.3) is 0 Å². The molecule has 3 aromatic carbocycles. The molecule has 1 aromatic heterocycles. The number of hydrogen-bond donors (Lipinski definition) is 3. The van der Waals surface area contributed by atoms with Crippen molar-refractivity contribution in [3.8, 4) is 17.2 Å². The quantitative estimate of drug-likeness (QED) is 0.112. The highest BCUT2D eigenvalue weighted by atomic mass is 35.5. The van der Waals surface area contributed by atoms with Crippen molar-refractivity contribution in [2.75, 3.05) is 38.8 Å². The summed E-state index contributed by atoms with van der Waals surface area (Å²) < 4.78 is 18.0. The summed E-state index contributed by atoms with van der Waals surface area (Å²) in [4.78, 5) is 30.7. The Kier molecular flexibility index (Phi) is 10.8. The number of carboxylic acid groups (broad SMARTS) is 1. The Balaban J connectivity index is 1.44. The number of piperidine rings is 3. The average molecular weight is 738 g/mol. The van der Waals surface area contributed by atoms with E-state index >= 15 is 0 Å². The van der Waals surface area contributed by atoms with Crippen LogP contribution < -0.4 is 19.1 Å². The number of carbonyl (C=O) groups excluding carboxylic acids is 1. The van der Waals surface area contributed by atoms with E-state index in [0.29, 0.717) is 51.5 Å². The molecule has 1 amide bonds. The molecule has 4 aromatic rings. The number of ether oxygens (including phenoxy) is 3. The number of methoxy groups -OCH3 is 2. The summed E-state index contributed by atoms with van der Waals surface area (Å²) in [6.07, 6.45) is 3.89. The van der Waals surface area contributed by atoms with Crippen LogP contribution >= 0.6 is 23.2 Å². The Bertz CT molecular complexity index is 1930. The Morgan fingerprint density at radius 3 is 2.33 bits per heavy atom. The Morgan fingerprint density at radius 1 is 1.00 bits per heavy atom. The number of nitrogens with zero attached hydrogens (tertiary/aromatic N) is 3. The van der Waals surface area contributed by atoms with Crippen molar-refractivity contribution in [1.29, 1.82) is 0 Å². The number of rotatable bonds is 11. The molecule has 0 unspecified atom stereocenters. The fraction of sp³-hybridized carbons (Fsp3) is 0.342. The number of halogens is 2. The molecule has 4 heterocycles. The predicted octanol–water partition coefficient (Wildman–Crippen LogP) is 6.86. The third-order valence-electron chi connectivity index (χ3n) is 9.98. The van der Waals surface area contributed by atoms with Gasteiger partial charge in [0.25, 0.3) is 0 Å². The summed E-state index contributed by atoms with van der Waals surface area (Å²) in [6.45, 7) is 4.41. The number of aromatic nitrogens is 1. The van der Waals surface area contributed by atoms with Crippen LogP contribution in [-0.2, 0) is 17.7 Å². The van der Waals surface area contributed by atoms with Gasteiger partial charge in [0.15, 0.2) is 11.5 Å². The van der Waals surface area contributed by atoms with E-state index < -0.39 is 18.0 Å². The first-order valence-electron chi connectivity index (χ1n) is 16.6. The van der Waals surface area contributed by atoms with Crippen LogP contribution in [0.4, 0.5) is 10.5 Å². The summed E-state index contributed by atoms with van der Waals surface area (Å²) in [5.41, 5.74) is 3.23. The minimum Gasteiger partial charge on any atom is -0.508 e. The molecule has 0 radical (unpaired) electrons. The lowest BCUT2D eigenvalue weighted by atomic mass is 9.82. The number of anilines is 1. The lowest BCUT2D eigenvalue weighted by Gasteiger charge is -2.44. The summed E-state index contributed by atoms with van der Waals surface area (Å²) in [5, 5.41) is 31.5. The molecule has 3 aliphatic rings. The van der Waals surface area contributed by atoms with Gasteiger partial charge < -0.3 is 24.4 Å². The van der Waals surface area contributed by atoms with Crippen LogP contribution in [-0.4, -0.2) is 72.3 Å². The Hall–Kier alpha value is -4.71. The summed E-state index contributed by atoms with van der Waals surface area (Å²) in [7, 11) is 3.04. The maximum atomic E-state index is 14.1. The van der Waals surface area contributed by atoms with E-state index in [9.17, 15) is 25.0 Å². The second-order valence-corrected chi connectivity index (χ2v) is 13.8. The Morgan fingerprint density at radius 2 is 1.71 bits per heavy atom. The van der Waals surface area contributed by atoms with E-state index in [2.05, 4.69) is 4.90 Å². The van der Waals surface area contributed by atoms with Crippen molar-refractivity contribution in [3.05, 3.63) is 110 Å². The van der Waals surface area contributed by atoms with Gasteiger partial charge in [-0.3, -0.25) is 15.0 Å². The van der Waals surface area contributed by atoms with E-state index in [-0.39, 0.29) is 46.3 Å². The number of aromatic hydroxyl groups is 1. The molecule has 51 heavy (non-hydrogen) atoms. The molecule has 2 atom stereocenters. The van der Waals surface area contributed by atoms with Gasteiger partial charge >= 0.3 is 12.1 Å². The SMILES string of the molecule is COc1ccc([C@H](Cc2c(Cl)c[n+](O)cc2Cl)c2cc(CN(C(=O)O[C@H]3CN4CCC3CC4)c3cccc(O)c3C)ccc2C(=O)O)cc1OC. The van der Waals surface area contributed by atoms with Crippen molar-refractivity contribution < 1.29 is 44.0 Å². The molecule has 11 nitrogen and oxygen atoms in total. The molecule has 0 saturated carbocycles. The molecule has 3 N–H and O–H groups in total. The van der Waals surface area contributed by atoms with Gasteiger partial charge in [-0.25, -0.2) is 9.59 Å². The molecule has 3 fully saturated rings. The monoisotopic (exact) mass is 736 g/mol. The van der Waals surface area contributed by atoms with Gasteiger partial charge in [-0.2, -0.15) is 0 Å². The number of phenols is 1. The standard InChI is InChI=1S/C38H39Cl2N3O8/c1-22-32(5-4-6-33(22)44)43(38(47)51-36-21-41-13-11-24(36)12-14-41)18-23-7-9-26(37(45)46)28(15-23)27(17-29-30(39)19-42(48)20-31(29)40)25-8-10-34(49-2)35(16-25)50-3/h4-10,15-16,19-20,24,27,36H,11-14,17-18,21H2,1-3H3,(H2-,44,45,46,48)/p+1/t27-,36-/m0/s1. The normalized spacial score (nSPS) is 18.6. The number of benzene rings is 3. The smallest absolute Gasteiger partial charge is 0.414 e. The zero-order chi connectivity index (χ0) is 36.4. The van der Waals surface area contributed by atoms with Gasteiger partial charge in [0.2, 0.25) is 12.4 Å². The molecule has 0 spiro atoms. The van der Waals surface area contributed by atoms with Crippen molar-refractivity contribution >= 4 is 41.0 Å². The summed E-state index contributed by atoms with van der Waals surface area (Å²) in [6, 6.07) is 15.2. The van der Waals surface area contributed by atoms with Crippen LogP contribution in [0.5, 0.6) is 17.2 Å². The van der Waals surface area contributed by atoms with Crippen molar-refractivity contribution in [2.45, 2.75) is 44.8 Å². The maximum Gasteiger partial charge on any atom is 0.414 e. The van der Waals surface area contributed by atoms with Crippen LogP contribution in [0, 0.1) is 12.8 Å². The molecule has 7 rings (SSSR count). The van der Waals surface area contributed by atoms with Crippen molar-refractivity contribution in [2.24, 2.45) is 5.92 Å². The van der Waals surface area contributed by atoms with Gasteiger partial charge in [-0.1, -0.05) is 47.5 Å². The highest BCUT2D eigenvalue weighted by Crippen LogP contribution is 2.40. The zero-order valence-electron chi connectivity index (χ0n) is 28.5. The highest BCUT2D eigenvalue weighted by Gasteiger charge is 2.38. The summed E-state index contributed by atoms with van der Waals surface area (Å²) in [5.74, 6) is -0.551. The number of phenolic OH excluding ortho intramolecular Hbond substituents is 1. The number of fused-ring (bicyclic) bond motifs is 3. The predicted molar refractivity (Wildman–Crippen MR) is 191 cm³/mol. The van der Waals surface area contributed by atoms with Gasteiger partial charge in [-0.15, -0.1) is 0 Å². The van der Waals surface area contributed by atoms with E-state index in [1.807, 2.05) is 6.07 Å². The molecule has 268 valence electrons. The van der Waals surface area contributed by atoms with Crippen LogP contribution in [0.3, 0.4) is 0 Å². The molecule has 0 aliphatic carbocycles. The fourth-order valence-corrected chi connectivity index (χ4v) is 7.79. The van der Waals surface area contributed by atoms with Crippen LogP contribution in [0.15, 0.2) is 67.0 Å². The second-order valence-electron chi connectivity index (χ2n) is 13.0. The zero-order valence-corrected chi connectivity index (χ0v) is 30.0. The van der Waals surface area contributed by atoms with Crippen molar-refractivity contribution in [3.63, 3.8) is 0 Å². The number of carboxylic acids is 1. The van der Waals surface area contributed by atoms with E-state index in [0.717, 1.165) is 30.7 Å². The largest absolute Gasteiger partial charge is 0.508 e. The van der Waals surface area contributed by atoms with Gasteiger partial charge in [0.05, 0.1) is 32.0 Å². The topological polar surface area (TPSA) is 133 Å². The minimum absolute atomic E-state index is 0.0210. The van der Waals surface area contributed by atoms with E-state index in [1.54, 1.807) is 49.4 Å². The number of hydrogen-bond acceptors (Lipinski definition) is 8. The van der Waals surface area contributed by atoms with E-state index in [4.69, 9.17) is 37.4 Å². The first kappa shape index (κ1) is 36.1. The van der Waals surface area contributed by atoms with Gasteiger partial charge in [-0.05, 0) is 92.2 Å². The average Bonchev–Trinajstić information content (AvgIpc) is 3.11. The molecule has 2 bridgehead atoms. The minimum atomic E-state index is -1.15. The Labute approximate surface area is 306 Å². The number of aromatic carboxylic acids is 1. The molecule has 3 aliphatic heterocycles. The third kappa shape index (κ3) is 7.66. The number of carbonyl (C=O) groups is 2.